The van der Waals surface area contributed by atoms with Crippen LogP contribution in [0, 0.1) is 0 Å². The zero-order valence-electron chi connectivity index (χ0n) is 19.5. The number of allylic oxidation sites excluding steroid dienone is 1. The van der Waals surface area contributed by atoms with Crippen LogP contribution in [0.15, 0.2) is 53.5 Å². The normalized spacial score (nSPS) is 13.8. The molecule has 3 aromatic rings. The van der Waals surface area contributed by atoms with Crippen LogP contribution in [-0.4, -0.2) is 33.7 Å². The summed E-state index contributed by atoms with van der Waals surface area (Å²) >= 11 is 1.18. The number of aromatic nitrogens is 2. The summed E-state index contributed by atoms with van der Waals surface area (Å²) in [5, 5.41) is 15.7. The van der Waals surface area contributed by atoms with Crippen LogP contribution in [0.5, 0.6) is 5.88 Å². The first-order valence-corrected chi connectivity index (χ1v) is 12.3. The summed E-state index contributed by atoms with van der Waals surface area (Å²) in [6.07, 6.45) is -0.825. The molecule has 194 valence electrons. The molecule has 0 saturated heterocycles. The second-order valence-corrected chi connectivity index (χ2v) is 9.11. The Hall–Kier alpha value is -3.93. The summed E-state index contributed by atoms with van der Waals surface area (Å²) in [6.45, 7) is 0.276. The monoisotopic (exact) mass is 532 g/mol. The van der Waals surface area contributed by atoms with Gasteiger partial charge in [0, 0.05) is 23.4 Å². The SMILES string of the molecule is O=C(O)Nc1nc(CCOc2ccc(NC(=O)C3=C(c4ccc(C(F)(F)F)cc4)CCCC3)cn2)cs1. The van der Waals surface area contributed by atoms with Crippen molar-refractivity contribution in [2.45, 2.75) is 38.3 Å². The highest BCUT2D eigenvalue weighted by molar-refractivity contribution is 7.13. The van der Waals surface area contributed by atoms with E-state index in [4.69, 9.17) is 9.84 Å². The van der Waals surface area contributed by atoms with E-state index in [0.29, 0.717) is 47.7 Å². The minimum atomic E-state index is -4.41. The maximum Gasteiger partial charge on any atom is 0.416 e. The van der Waals surface area contributed by atoms with E-state index in [0.717, 1.165) is 30.5 Å². The number of carbonyl (C=O) groups excluding carboxylic acids is 1. The fraction of sp³-hybridized carbons (Fsp3) is 0.280. The Kier molecular flexibility index (Phi) is 8.07. The van der Waals surface area contributed by atoms with E-state index in [9.17, 15) is 22.8 Å². The lowest BCUT2D eigenvalue weighted by Gasteiger charge is -2.21. The molecule has 3 N–H and O–H groups in total. The van der Waals surface area contributed by atoms with Crippen molar-refractivity contribution in [1.29, 1.82) is 0 Å². The fourth-order valence-electron chi connectivity index (χ4n) is 3.91. The molecule has 0 spiro atoms. The van der Waals surface area contributed by atoms with E-state index in [1.807, 2.05) is 0 Å². The van der Waals surface area contributed by atoms with Gasteiger partial charge in [-0.25, -0.2) is 14.8 Å². The number of halogens is 3. The number of carboxylic acid groups (broad SMARTS) is 1. The lowest BCUT2D eigenvalue weighted by atomic mass is 9.86. The Labute approximate surface area is 214 Å². The average Bonchev–Trinajstić information content (AvgIpc) is 3.31. The molecule has 1 aromatic carbocycles. The largest absolute Gasteiger partial charge is 0.477 e. The van der Waals surface area contributed by atoms with Crippen LogP contribution in [0.2, 0.25) is 0 Å². The number of benzene rings is 1. The minimum Gasteiger partial charge on any atom is -0.477 e. The maximum atomic E-state index is 13.0. The Balaban J connectivity index is 1.35. The first kappa shape index (κ1) is 26.1. The number of pyridine rings is 1. The molecule has 0 atom stereocenters. The number of alkyl halides is 3. The van der Waals surface area contributed by atoms with Gasteiger partial charge in [-0.15, -0.1) is 11.3 Å². The van der Waals surface area contributed by atoms with Crippen molar-refractivity contribution in [3.8, 4) is 5.88 Å². The molecule has 4 rings (SSSR count). The zero-order valence-corrected chi connectivity index (χ0v) is 20.3. The minimum absolute atomic E-state index is 0.276. The highest BCUT2D eigenvalue weighted by Gasteiger charge is 2.30. The van der Waals surface area contributed by atoms with Gasteiger partial charge >= 0.3 is 12.3 Å². The number of amides is 2. The van der Waals surface area contributed by atoms with Gasteiger partial charge in [0.05, 0.1) is 29.7 Å². The van der Waals surface area contributed by atoms with E-state index in [-0.39, 0.29) is 17.6 Å². The molecule has 12 heteroatoms. The number of nitrogens with one attached hydrogen (secondary N) is 2. The molecule has 0 unspecified atom stereocenters. The molecule has 37 heavy (non-hydrogen) atoms. The molecular weight excluding hydrogens is 509 g/mol. The van der Waals surface area contributed by atoms with Crippen molar-refractivity contribution in [2.24, 2.45) is 0 Å². The quantitative estimate of drug-likeness (QED) is 0.317. The predicted molar refractivity (Wildman–Crippen MR) is 133 cm³/mol. The number of hydrogen-bond acceptors (Lipinski definition) is 6. The van der Waals surface area contributed by atoms with Crippen LogP contribution >= 0.6 is 11.3 Å². The van der Waals surface area contributed by atoms with E-state index in [2.05, 4.69) is 20.6 Å². The second kappa shape index (κ2) is 11.4. The third-order valence-corrected chi connectivity index (χ3v) is 6.48. The van der Waals surface area contributed by atoms with Gasteiger partial charge < -0.3 is 15.2 Å². The standard InChI is InChI=1S/C25H23F3N4O4S/c26-25(27,28)16-7-5-15(6-8-16)19-3-1-2-4-20(19)22(33)30-17-9-10-21(29-13-17)36-12-11-18-14-37-23(31-18)32-24(34)35/h5-10,13-14H,1-4,11-12H2,(H,30,33)(H,31,32)(H,34,35). The fourth-order valence-corrected chi connectivity index (χ4v) is 4.65. The van der Waals surface area contributed by atoms with Crippen molar-refractivity contribution in [1.82, 2.24) is 9.97 Å². The molecule has 8 nitrogen and oxygen atoms in total. The highest BCUT2D eigenvalue weighted by atomic mass is 32.1. The molecule has 0 saturated carbocycles. The molecule has 2 heterocycles. The third-order valence-electron chi connectivity index (χ3n) is 5.67. The average molecular weight is 533 g/mol. The van der Waals surface area contributed by atoms with E-state index < -0.39 is 17.8 Å². The topological polar surface area (TPSA) is 113 Å². The van der Waals surface area contributed by atoms with Gasteiger partial charge in [0.15, 0.2) is 5.13 Å². The van der Waals surface area contributed by atoms with Crippen LogP contribution in [0.3, 0.4) is 0 Å². The van der Waals surface area contributed by atoms with Gasteiger partial charge in [-0.2, -0.15) is 13.2 Å². The first-order chi connectivity index (χ1) is 17.7. The molecule has 1 aliphatic carbocycles. The van der Waals surface area contributed by atoms with Crippen molar-refractivity contribution >= 4 is 39.7 Å². The van der Waals surface area contributed by atoms with Crippen LogP contribution in [-0.2, 0) is 17.4 Å². The first-order valence-electron chi connectivity index (χ1n) is 11.4. The highest BCUT2D eigenvalue weighted by Crippen LogP contribution is 2.35. The second-order valence-electron chi connectivity index (χ2n) is 8.25. The number of nitrogens with zero attached hydrogens (tertiary/aromatic N) is 2. The number of rotatable bonds is 8. The molecule has 1 aliphatic rings. The summed E-state index contributed by atoms with van der Waals surface area (Å²) in [5.41, 5.74) is 2.36. The van der Waals surface area contributed by atoms with Crippen LogP contribution in [0.25, 0.3) is 5.57 Å². The summed E-state index contributed by atoms with van der Waals surface area (Å²) in [4.78, 5) is 32.0. The summed E-state index contributed by atoms with van der Waals surface area (Å²) < 4.78 is 44.3. The van der Waals surface area contributed by atoms with E-state index in [1.165, 1.54) is 29.7 Å². The Morgan fingerprint density at radius 3 is 2.49 bits per heavy atom. The number of carbonyl (C=O) groups is 2. The van der Waals surface area contributed by atoms with Crippen molar-refractivity contribution in [2.75, 3.05) is 17.2 Å². The lowest BCUT2D eigenvalue weighted by Crippen LogP contribution is -2.18. The van der Waals surface area contributed by atoms with E-state index in [1.54, 1.807) is 17.5 Å². The Morgan fingerprint density at radius 2 is 1.81 bits per heavy atom. The van der Waals surface area contributed by atoms with Crippen molar-refractivity contribution < 1.29 is 32.6 Å². The third kappa shape index (κ3) is 7.06. The maximum absolute atomic E-state index is 13.0. The van der Waals surface area contributed by atoms with Gasteiger partial charge in [-0.05, 0) is 55.0 Å². The molecule has 0 fully saturated rings. The number of anilines is 2. The molecule has 0 aliphatic heterocycles. The predicted octanol–water partition coefficient (Wildman–Crippen LogP) is 6.23. The van der Waals surface area contributed by atoms with Gasteiger partial charge in [0.2, 0.25) is 5.88 Å². The molecule has 0 radical (unpaired) electrons. The number of thiazole rings is 1. The lowest BCUT2D eigenvalue weighted by molar-refractivity contribution is -0.137. The van der Waals surface area contributed by atoms with Crippen molar-refractivity contribution in [3.05, 3.63) is 70.4 Å². The summed E-state index contributed by atoms with van der Waals surface area (Å²) in [7, 11) is 0. The van der Waals surface area contributed by atoms with Gasteiger partial charge in [-0.1, -0.05) is 12.1 Å². The van der Waals surface area contributed by atoms with Crippen LogP contribution in [0.4, 0.5) is 28.8 Å². The number of ether oxygens (including phenoxy) is 1. The number of hydrogen-bond donors (Lipinski definition) is 3. The smallest absolute Gasteiger partial charge is 0.416 e. The Morgan fingerprint density at radius 1 is 1.05 bits per heavy atom. The molecule has 2 aromatic heterocycles. The molecular formula is C25H23F3N4O4S. The van der Waals surface area contributed by atoms with Gasteiger partial charge in [0.25, 0.3) is 5.91 Å². The van der Waals surface area contributed by atoms with Gasteiger partial charge in [-0.3, -0.25) is 10.1 Å². The van der Waals surface area contributed by atoms with E-state index >= 15 is 0 Å². The van der Waals surface area contributed by atoms with Crippen LogP contribution < -0.4 is 15.4 Å². The van der Waals surface area contributed by atoms with Crippen molar-refractivity contribution in [3.63, 3.8) is 0 Å². The summed E-state index contributed by atoms with van der Waals surface area (Å²) in [6, 6.07) is 8.17. The Bertz CT molecular complexity index is 1290. The molecule has 0 bridgehead atoms. The zero-order chi connectivity index (χ0) is 26.4. The van der Waals surface area contributed by atoms with Gasteiger partial charge in [0.1, 0.15) is 0 Å². The molecule has 2 amide bonds. The van der Waals surface area contributed by atoms with Crippen LogP contribution in [0.1, 0.15) is 42.5 Å². The summed E-state index contributed by atoms with van der Waals surface area (Å²) in [5.74, 6) is 0.0406.